The van der Waals surface area contributed by atoms with E-state index in [2.05, 4.69) is 181 Å². The molecule has 3 aliphatic rings. The van der Waals surface area contributed by atoms with E-state index in [-0.39, 0.29) is 5.41 Å². The van der Waals surface area contributed by atoms with Crippen LogP contribution in [0.15, 0.2) is 150 Å². The molecule has 0 atom stereocenters. The van der Waals surface area contributed by atoms with Gasteiger partial charge in [-0.25, -0.2) is 0 Å². The van der Waals surface area contributed by atoms with Gasteiger partial charge in [0.2, 0.25) is 0 Å². The third-order valence-electron chi connectivity index (χ3n) is 12.1. The molecule has 0 unspecified atom stereocenters. The average Bonchev–Trinajstić information content (AvgIpc) is 3.84. The third kappa shape index (κ3) is 4.61. The lowest BCUT2D eigenvalue weighted by Gasteiger charge is -2.28. The Balaban J connectivity index is 1.01. The summed E-state index contributed by atoms with van der Waals surface area (Å²) in [7, 11) is 0. The molecule has 8 aromatic rings. The summed E-state index contributed by atoms with van der Waals surface area (Å²) >= 11 is 0. The number of aryl methyl sites for hydroxylation is 1. The predicted octanol–water partition coefficient (Wildman–Crippen LogP) is 13.7. The minimum absolute atomic E-state index is 0.192. The number of aromatic nitrogens is 1. The molecule has 0 saturated carbocycles. The van der Waals surface area contributed by atoms with Gasteiger partial charge in [-0.2, -0.15) is 0 Å². The predicted molar refractivity (Wildman–Crippen MR) is 225 cm³/mol. The fourth-order valence-electron chi connectivity index (χ4n) is 9.45. The maximum atomic E-state index is 6.67. The van der Waals surface area contributed by atoms with E-state index in [1.165, 1.54) is 72.2 Å². The van der Waals surface area contributed by atoms with Crippen molar-refractivity contribution in [2.75, 3.05) is 4.90 Å². The highest BCUT2D eigenvalue weighted by atomic mass is 16.3. The first kappa shape index (κ1) is 31.2. The van der Waals surface area contributed by atoms with E-state index in [1.54, 1.807) is 0 Å². The topological polar surface area (TPSA) is 21.3 Å². The molecule has 2 aromatic heterocycles. The van der Waals surface area contributed by atoms with Crippen molar-refractivity contribution < 1.29 is 4.42 Å². The van der Waals surface area contributed by atoms with Gasteiger partial charge in [0.25, 0.3) is 0 Å². The van der Waals surface area contributed by atoms with Crippen LogP contribution in [0, 0.1) is 0 Å². The highest BCUT2D eigenvalue weighted by Gasteiger charge is 2.36. The Kier molecular flexibility index (Phi) is 6.85. The lowest BCUT2D eigenvalue weighted by molar-refractivity contribution is 0.546. The second-order valence-electron chi connectivity index (χ2n) is 15.5. The van der Waals surface area contributed by atoms with Gasteiger partial charge in [-0.1, -0.05) is 111 Å². The van der Waals surface area contributed by atoms with Crippen molar-refractivity contribution in [1.29, 1.82) is 0 Å². The highest BCUT2D eigenvalue weighted by Crippen LogP contribution is 2.52. The number of fused-ring (bicyclic) bond motifs is 9. The number of hydrogen-bond acceptors (Lipinski definition) is 2. The van der Waals surface area contributed by atoms with Crippen LogP contribution in [0.2, 0.25) is 0 Å². The molecule has 11 rings (SSSR count). The first-order valence-corrected chi connectivity index (χ1v) is 19.3. The molecular formula is C51H40N2O. The molecule has 54 heavy (non-hydrogen) atoms. The Morgan fingerprint density at radius 3 is 2.13 bits per heavy atom. The maximum absolute atomic E-state index is 6.67. The number of benzene rings is 6. The van der Waals surface area contributed by atoms with Crippen LogP contribution < -0.4 is 4.90 Å². The summed E-state index contributed by atoms with van der Waals surface area (Å²) in [5.41, 5.74) is 18.4. The van der Waals surface area contributed by atoms with Crippen molar-refractivity contribution in [1.82, 2.24) is 4.57 Å². The number of furan rings is 1. The molecule has 3 nitrogen and oxygen atoms in total. The molecule has 0 N–H and O–H groups in total. The molecular weight excluding hydrogens is 657 g/mol. The molecule has 260 valence electrons. The number of hydrogen-bond donors (Lipinski definition) is 0. The molecule has 0 aliphatic heterocycles. The quantitative estimate of drug-likeness (QED) is 0.179. The van der Waals surface area contributed by atoms with Crippen LogP contribution in [0.3, 0.4) is 0 Å². The zero-order valence-corrected chi connectivity index (χ0v) is 30.6. The molecule has 0 saturated heterocycles. The number of rotatable bonds is 5. The van der Waals surface area contributed by atoms with E-state index < -0.39 is 0 Å². The molecule has 2 heterocycles. The van der Waals surface area contributed by atoms with Crippen LogP contribution in [-0.4, -0.2) is 4.57 Å². The van der Waals surface area contributed by atoms with Gasteiger partial charge in [-0.3, -0.25) is 0 Å². The first-order chi connectivity index (χ1) is 26.5. The van der Waals surface area contributed by atoms with Crippen molar-refractivity contribution in [3.63, 3.8) is 0 Å². The molecule has 0 spiro atoms. The Bertz CT molecular complexity index is 2850. The number of allylic oxidation sites excluding steroid dienone is 2. The molecule has 0 fully saturated rings. The van der Waals surface area contributed by atoms with Crippen LogP contribution in [-0.2, 0) is 18.3 Å². The fourth-order valence-corrected chi connectivity index (χ4v) is 9.45. The minimum atomic E-state index is -0.192. The van der Waals surface area contributed by atoms with E-state index in [9.17, 15) is 0 Å². The van der Waals surface area contributed by atoms with Gasteiger partial charge in [0.05, 0.1) is 11.2 Å². The van der Waals surface area contributed by atoms with Crippen LogP contribution in [0.25, 0.3) is 62.0 Å². The first-order valence-electron chi connectivity index (χ1n) is 19.3. The van der Waals surface area contributed by atoms with Crippen LogP contribution in [0.5, 0.6) is 0 Å². The van der Waals surface area contributed by atoms with Crippen molar-refractivity contribution >= 4 is 51.1 Å². The highest BCUT2D eigenvalue weighted by molar-refractivity contribution is 6.01. The molecule has 3 aliphatic carbocycles. The fraction of sp³-hybridized carbons (Fsp3) is 0.137. The zero-order valence-electron chi connectivity index (χ0n) is 30.6. The van der Waals surface area contributed by atoms with Gasteiger partial charge in [0.1, 0.15) is 5.76 Å². The van der Waals surface area contributed by atoms with Gasteiger partial charge in [0.15, 0.2) is 5.58 Å². The normalized spacial score (nSPS) is 14.9. The second kappa shape index (κ2) is 11.8. The molecule has 3 heteroatoms. The number of anilines is 3. The van der Waals surface area contributed by atoms with Crippen LogP contribution in [0.1, 0.15) is 60.4 Å². The molecule has 0 radical (unpaired) electrons. The Labute approximate surface area is 316 Å². The van der Waals surface area contributed by atoms with Crippen molar-refractivity contribution in [2.45, 2.75) is 44.9 Å². The summed E-state index contributed by atoms with van der Waals surface area (Å²) in [5, 5.41) is 2.49. The van der Waals surface area contributed by atoms with Crippen LogP contribution in [0.4, 0.5) is 17.1 Å². The monoisotopic (exact) mass is 696 g/mol. The summed E-state index contributed by atoms with van der Waals surface area (Å²) in [6, 6.07) is 49.3. The maximum Gasteiger partial charge on any atom is 0.158 e. The zero-order chi connectivity index (χ0) is 36.0. The van der Waals surface area contributed by atoms with Crippen molar-refractivity contribution in [3.05, 3.63) is 179 Å². The molecule has 6 aromatic carbocycles. The largest absolute Gasteiger partial charge is 0.458 e. The van der Waals surface area contributed by atoms with Gasteiger partial charge in [0, 0.05) is 56.5 Å². The van der Waals surface area contributed by atoms with Crippen LogP contribution >= 0.6 is 0 Å². The average molecular weight is 697 g/mol. The summed E-state index contributed by atoms with van der Waals surface area (Å²) in [6.07, 6.45) is 13.2. The molecule has 0 amide bonds. The number of nitrogens with zero attached hydrogens (tertiary/aromatic N) is 2. The Hall–Kier alpha value is -6.32. The van der Waals surface area contributed by atoms with E-state index in [0.717, 1.165) is 54.1 Å². The Morgan fingerprint density at radius 1 is 0.593 bits per heavy atom. The molecule has 0 bridgehead atoms. The smallest absolute Gasteiger partial charge is 0.158 e. The van der Waals surface area contributed by atoms with E-state index in [1.807, 2.05) is 0 Å². The van der Waals surface area contributed by atoms with Gasteiger partial charge < -0.3 is 13.9 Å². The SMILES string of the molecule is CC1(C)c2cc(-c3ccc4c(c3)c3c(n4-c4ccccc4)CCC=C3)ccc2-c2ccc(N(c3ccccc3)c3cccc4c5c(oc34)CCC=C5)cc21. The standard InChI is InChI=1S/C51H40N2O/c1-51(2)44-31-34(33-25-29-47-43(30-33)40-18-9-11-21-46(40)53(47)36-16-7-4-8-17-36)24-27-38(44)39-28-26-37(32-45(39)51)52(35-14-5-3-6-15-35)48-22-13-20-42-41-19-10-12-23-49(41)54-50(42)48/h3-10,13-20,22,24-32H,11-12,21,23H2,1-2H3. The van der Waals surface area contributed by atoms with Gasteiger partial charge >= 0.3 is 0 Å². The summed E-state index contributed by atoms with van der Waals surface area (Å²) < 4.78 is 9.13. The van der Waals surface area contributed by atoms with E-state index in [4.69, 9.17) is 4.42 Å². The lowest BCUT2D eigenvalue weighted by Crippen LogP contribution is -2.16. The minimum Gasteiger partial charge on any atom is -0.458 e. The second-order valence-corrected chi connectivity index (χ2v) is 15.5. The lowest BCUT2D eigenvalue weighted by atomic mass is 9.81. The van der Waals surface area contributed by atoms with Crippen molar-refractivity contribution in [2.24, 2.45) is 0 Å². The number of para-hydroxylation sites is 3. The third-order valence-corrected chi connectivity index (χ3v) is 12.1. The van der Waals surface area contributed by atoms with E-state index >= 15 is 0 Å². The van der Waals surface area contributed by atoms with Gasteiger partial charge in [-0.05, 0) is 113 Å². The summed E-state index contributed by atoms with van der Waals surface area (Å²) in [6.45, 7) is 4.77. The summed E-state index contributed by atoms with van der Waals surface area (Å²) in [5.74, 6) is 1.08. The Morgan fingerprint density at radius 2 is 1.30 bits per heavy atom. The van der Waals surface area contributed by atoms with Gasteiger partial charge in [-0.15, -0.1) is 0 Å². The van der Waals surface area contributed by atoms with E-state index in [0.29, 0.717) is 0 Å². The van der Waals surface area contributed by atoms with Crippen molar-refractivity contribution in [3.8, 4) is 27.9 Å². The summed E-state index contributed by atoms with van der Waals surface area (Å²) in [4.78, 5) is 2.37.